The van der Waals surface area contributed by atoms with E-state index in [0.29, 0.717) is 0 Å². The fourth-order valence-electron chi connectivity index (χ4n) is 10.0. The van der Waals surface area contributed by atoms with Crippen LogP contribution in [0, 0.1) is 104 Å². The molecule has 3 N–H and O–H groups in total. The van der Waals surface area contributed by atoms with Gasteiger partial charge in [0.05, 0.1) is 47.2 Å². The van der Waals surface area contributed by atoms with Gasteiger partial charge >= 0.3 is 0 Å². The normalized spacial score (nSPS) is 9.76. The summed E-state index contributed by atoms with van der Waals surface area (Å²) in [5.41, 5.74) is 22.9. The van der Waals surface area contributed by atoms with Gasteiger partial charge in [0.2, 0.25) is 0 Å². The van der Waals surface area contributed by atoms with Gasteiger partial charge in [0, 0.05) is 114 Å². The van der Waals surface area contributed by atoms with Gasteiger partial charge in [-0.2, -0.15) is 0 Å². The Labute approximate surface area is 679 Å². The van der Waals surface area contributed by atoms with Crippen molar-refractivity contribution in [3.05, 3.63) is 343 Å². The Morgan fingerprint density at radius 3 is 1.39 bits per heavy atom. The van der Waals surface area contributed by atoms with Gasteiger partial charge in [-0.3, -0.25) is 4.98 Å². The number of H-pyrrole nitrogens is 1. The quantitative estimate of drug-likeness (QED) is 0.107. The molecule has 5 aromatic heterocycles. The second-order valence-electron chi connectivity index (χ2n) is 26.7. The number of fused-ring (bicyclic) bond motifs is 2. The Kier molecular flexibility index (Phi) is 47.0. The van der Waals surface area contributed by atoms with Crippen molar-refractivity contribution >= 4 is 61.1 Å². The summed E-state index contributed by atoms with van der Waals surface area (Å²) in [6.45, 7) is 42.5. The molecule has 9 aromatic carbocycles. The highest BCUT2D eigenvalue weighted by Crippen LogP contribution is 2.22. The number of likely N-dealkylation sites (N-methyl/N-ethyl adjacent to an activating group) is 1. The molecule has 112 heavy (non-hydrogen) atoms. The van der Waals surface area contributed by atoms with Crippen LogP contribution in [0.1, 0.15) is 115 Å². The first-order valence-electron chi connectivity index (χ1n) is 38.1. The van der Waals surface area contributed by atoms with Crippen molar-refractivity contribution < 1.29 is 24.1 Å². The van der Waals surface area contributed by atoms with Crippen LogP contribution < -0.4 is 19.4 Å². The van der Waals surface area contributed by atoms with E-state index >= 15 is 0 Å². The number of thiazole rings is 2. The Balaban J connectivity index is 0.000000319. The van der Waals surface area contributed by atoms with Gasteiger partial charge in [0.15, 0.2) is 11.5 Å². The summed E-state index contributed by atoms with van der Waals surface area (Å²) < 4.78 is 18.6. The van der Waals surface area contributed by atoms with Crippen LogP contribution in [0.4, 0.5) is 17.1 Å². The monoisotopic (exact) mass is 1550 g/mol. The molecular formula is C96H127N9O5S2. The fourth-order valence-corrected chi connectivity index (χ4v) is 11.3. The molecular weight excluding hydrogens is 1420 g/mol. The maximum absolute atomic E-state index is 8.84. The van der Waals surface area contributed by atoms with Gasteiger partial charge in [-0.1, -0.05) is 156 Å². The van der Waals surface area contributed by atoms with E-state index in [-0.39, 0.29) is 13.2 Å². The minimum atomic E-state index is 0.146. The molecule has 0 saturated carbocycles. The fraction of sp³-hybridized carbons (Fsp3) is 0.312. The van der Waals surface area contributed by atoms with Gasteiger partial charge in [-0.05, 0) is 247 Å². The molecule has 0 atom stereocenters. The van der Waals surface area contributed by atoms with Crippen LogP contribution in [0.2, 0.25) is 0 Å². The number of aliphatic hydroxyl groups is 2. The van der Waals surface area contributed by atoms with Crippen molar-refractivity contribution in [3.8, 4) is 5.75 Å². The largest absolute Gasteiger partial charge is 0.497 e. The SMILES string of the molecule is CCN(CC)c1ccc(C)c(C)c1.CCN(CCOC)c1ccc(C)c(C)c1.COc1ccc(C)cc1.Cc1ccc(C)c(CO)c1.Cc1ccc(N(C)C)cc1.Cc1ccc[nH]1.Cc1ccccc1.Cc1ccccc1CO.Cc1nc2ccccc2o1.Cc1nc2ccccc2s1.Cc1nccn1C.Cc1nccs1. The molecule has 16 heteroatoms. The summed E-state index contributed by atoms with van der Waals surface area (Å²) in [6.07, 6.45) is 7.43. The van der Waals surface area contributed by atoms with E-state index in [9.17, 15) is 0 Å². The average Bonchev–Trinajstić information content (AvgIpc) is 1.69. The maximum atomic E-state index is 8.84. The van der Waals surface area contributed by atoms with E-state index in [0.717, 1.165) is 99.1 Å². The summed E-state index contributed by atoms with van der Waals surface area (Å²) in [5.74, 6) is 2.70. The molecule has 0 unspecified atom stereocenters. The number of oxazole rings is 1. The van der Waals surface area contributed by atoms with Crippen molar-refractivity contribution in [1.82, 2.24) is 29.5 Å². The van der Waals surface area contributed by atoms with Crippen LogP contribution in [0.25, 0.3) is 21.3 Å². The minimum absolute atomic E-state index is 0.146. The lowest BCUT2D eigenvalue weighted by molar-refractivity contribution is 0.205. The highest BCUT2D eigenvalue weighted by molar-refractivity contribution is 7.18. The third-order valence-corrected chi connectivity index (χ3v) is 19.1. The van der Waals surface area contributed by atoms with Crippen LogP contribution in [-0.4, -0.2) is 101 Å². The lowest BCUT2D eigenvalue weighted by atomic mass is 10.1. The maximum Gasteiger partial charge on any atom is 0.192 e. The minimum Gasteiger partial charge on any atom is -0.497 e. The summed E-state index contributed by atoms with van der Waals surface area (Å²) >= 11 is 3.41. The first-order valence-corrected chi connectivity index (χ1v) is 39.8. The van der Waals surface area contributed by atoms with Crippen LogP contribution in [0.5, 0.6) is 5.75 Å². The topological polar surface area (TPSA) is 154 Å². The number of ether oxygens (including phenoxy) is 2. The first kappa shape index (κ1) is 95.7. The number of methoxy groups -OCH3 is 2. The number of aromatic nitrogens is 6. The number of aliphatic hydroxyl groups excluding tert-OH is 2. The predicted octanol–water partition coefficient (Wildman–Crippen LogP) is 23.5. The average molecular weight is 1550 g/mol. The lowest BCUT2D eigenvalue weighted by Gasteiger charge is -2.23. The van der Waals surface area contributed by atoms with Crippen molar-refractivity contribution in [1.29, 1.82) is 0 Å². The summed E-state index contributed by atoms with van der Waals surface area (Å²) in [6, 6.07) is 73.8. The molecule has 0 aliphatic carbocycles. The number of imidazole rings is 1. The molecule has 0 bridgehead atoms. The number of anilines is 3. The molecule has 14 rings (SSSR count). The van der Waals surface area contributed by atoms with Crippen LogP contribution >= 0.6 is 22.7 Å². The van der Waals surface area contributed by atoms with Gasteiger partial charge in [-0.25, -0.2) is 15.0 Å². The molecule has 14 nitrogen and oxygen atoms in total. The molecule has 0 saturated heterocycles. The number of para-hydroxylation sites is 3. The van der Waals surface area contributed by atoms with E-state index in [2.05, 4.69) is 194 Å². The van der Waals surface area contributed by atoms with E-state index in [4.69, 9.17) is 24.1 Å². The van der Waals surface area contributed by atoms with Crippen LogP contribution in [0.3, 0.4) is 0 Å². The first-order chi connectivity index (χ1) is 53.7. The smallest absolute Gasteiger partial charge is 0.192 e. The standard InChI is InChI=1S/C13H21NO.C12H19N.C9H13N.C9H12O.C8H7NO.C8H7NS.2C8H10O.C7H8.C5H8N2.C5H7N.C4H5NS/c1-5-14(8-9-15-4)13-7-6-11(2)12(3)10-13;1-5-13(6-2)12-8-7-10(3)11(4)9-12;1-8-4-6-9(7-5-8)10(2)3;1-7-3-4-8(2)9(5-7)6-10;2*1-6-9-7-4-2-3-5-8(7)10-6;1-7-3-5-8(9-2)6-4-7;1-7-4-2-3-5-8(7)6-9;1-7-5-3-2-4-6-7;1-5-6-3-4-7(5)2;1-5-3-2-4-6-5;1-4-5-2-3-6-4/h6-7,10H,5,8-9H2,1-4H3;7-9H,5-6H2,1-4H3;4-7H,1-3H3;3-5,10H,6H2,1-2H3;2*2-5H,1H3;3-6H,1-2H3;2-5,9H,6H2,1H3;2-6H,1H3;3-4H,1-2H3;2-4,6H,1H3;2-3H,1H3. The third-order valence-electron chi connectivity index (χ3n) is 17.4. The van der Waals surface area contributed by atoms with Gasteiger partial charge in [-0.15, -0.1) is 22.7 Å². The zero-order chi connectivity index (χ0) is 82.8. The van der Waals surface area contributed by atoms with Gasteiger partial charge < -0.3 is 48.4 Å². The second kappa shape index (κ2) is 55.0. The molecule has 5 heterocycles. The van der Waals surface area contributed by atoms with Crippen LogP contribution in [0.15, 0.2) is 253 Å². The van der Waals surface area contributed by atoms with E-state index in [1.54, 1.807) is 49.3 Å². The molecule has 0 spiro atoms. The molecule has 0 amide bonds. The van der Waals surface area contributed by atoms with Crippen molar-refractivity contribution in [3.63, 3.8) is 0 Å². The molecule has 0 aliphatic heterocycles. The van der Waals surface area contributed by atoms with Crippen molar-refractivity contribution in [2.45, 2.75) is 138 Å². The number of nitrogens with one attached hydrogen (secondary N) is 1. The number of hydrogen-bond donors (Lipinski definition) is 3. The highest BCUT2D eigenvalue weighted by Gasteiger charge is 2.06. The van der Waals surface area contributed by atoms with E-state index in [1.807, 2.05) is 232 Å². The predicted molar refractivity (Wildman–Crippen MR) is 482 cm³/mol. The zero-order valence-electron chi connectivity index (χ0n) is 71.1. The number of aryl methyl sites for hydroxylation is 16. The van der Waals surface area contributed by atoms with Crippen LogP contribution in [-0.2, 0) is 25.0 Å². The molecule has 14 aromatic rings. The Morgan fingerprint density at radius 2 is 0.982 bits per heavy atom. The Bertz CT molecular complexity index is 4530. The van der Waals surface area contributed by atoms with E-state index in [1.165, 1.54) is 72.0 Å². The van der Waals surface area contributed by atoms with Gasteiger partial charge in [0.1, 0.15) is 17.1 Å². The van der Waals surface area contributed by atoms with Crippen molar-refractivity contribution in [2.24, 2.45) is 7.05 Å². The molecule has 0 aliphatic rings. The third kappa shape index (κ3) is 38.9. The Morgan fingerprint density at radius 1 is 0.464 bits per heavy atom. The highest BCUT2D eigenvalue weighted by atomic mass is 32.1. The number of benzene rings is 9. The summed E-state index contributed by atoms with van der Waals surface area (Å²) in [5, 5.41) is 21.8. The zero-order valence-corrected chi connectivity index (χ0v) is 72.8. The Hall–Kier alpha value is -10.5. The lowest BCUT2D eigenvalue weighted by Crippen LogP contribution is -2.26. The summed E-state index contributed by atoms with van der Waals surface area (Å²) in [4.78, 5) is 26.2. The molecule has 0 radical (unpaired) electrons. The molecule has 0 fully saturated rings. The number of rotatable bonds is 12. The number of hydrogen-bond acceptors (Lipinski definition) is 14. The van der Waals surface area contributed by atoms with Crippen molar-refractivity contribution in [2.75, 3.05) is 75.8 Å². The van der Waals surface area contributed by atoms with Gasteiger partial charge in [0.25, 0.3) is 0 Å². The number of aromatic amines is 1. The molecule has 598 valence electrons. The number of nitrogens with zero attached hydrogens (tertiary/aromatic N) is 8. The van der Waals surface area contributed by atoms with E-state index < -0.39 is 0 Å². The second-order valence-corrected chi connectivity index (χ2v) is 29.1. The summed E-state index contributed by atoms with van der Waals surface area (Å²) in [7, 11) is 9.48.